The molecule has 1 saturated carbocycles. The minimum Gasteiger partial charge on any atom is -0.314 e. The average molecular weight is 1120 g/mol. The van der Waals surface area contributed by atoms with Crippen LogP contribution in [-0.4, -0.2) is 41.3 Å². The lowest BCUT2D eigenvalue weighted by atomic mass is 10.1. The van der Waals surface area contributed by atoms with E-state index in [-0.39, 0.29) is 7.92 Å². The van der Waals surface area contributed by atoms with Crippen LogP contribution in [-0.2, 0) is 9.09 Å². The van der Waals surface area contributed by atoms with Crippen LogP contribution in [0.5, 0.6) is 0 Å². The second kappa shape index (κ2) is 30.3. The van der Waals surface area contributed by atoms with Crippen LogP contribution in [0.1, 0.15) is 47.0 Å². The number of fused-ring (bicyclic) bond motifs is 2. The summed E-state index contributed by atoms with van der Waals surface area (Å²) >= 11 is 2.97. The van der Waals surface area contributed by atoms with Crippen molar-refractivity contribution in [1.82, 2.24) is 0 Å². The highest BCUT2D eigenvalue weighted by molar-refractivity contribution is 8.89. The molecule has 3 unspecified atom stereocenters. The van der Waals surface area contributed by atoms with Crippen LogP contribution in [0.15, 0.2) is 255 Å². The standard InChI is InChI=1S/C31H28P2.C27H26P2.C8H19O2PS2/c1-5-13-26(14-6-1)32(27-15-7-2-8-16-27)30-24-21-22-25(23-24)31(30)33(28-17-9-3-10-18-28)29-19-11-4-12-20-29;1-23(29(26-18-10-4-11-19-26)27-20-12-5-13-21-27)22-28(24-14-6-2-7-15-24)25-16-8-3-9-17-25;1-4-7-12-11(9,10-6-3)13-8-5-2/h1-22,24-25,30-31H,23H2;2-21,23H,22H2,1H3;4-8H2,1-3H3/t24?,25?,30-,31-;;/m1../s1. The van der Waals surface area contributed by atoms with E-state index in [2.05, 4.69) is 276 Å². The van der Waals surface area contributed by atoms with Crippen molar-refractivity contribution >= 4 is 103 Å². The molecular formula is C66H73O2P5S2. The summed E-state index contributed by atoms with van der Waals surface area (Å²) in [4.78, 5) is 0. The Kier molecular flexibility index (Phi) is 23.2. The highest BCUT2D eigenvalue weighted by Crippen LogP contribution is 2.70. The third-order valence-electron chi connectivity index (χ3n) is 13.4. The summed E-state index contributed by atoms with van der Waals surface area (Å²) in [5.41, 5.74) is 1.90. The maximum Gasteiger partial charge on any atom is 0.313 e. The van der Waals surface area contributed by atoms with Crippen LogP contribution in [0.4, 0.5) is 0 Å². The van der Waals surface area contributed by atoms with Crippen molar-refractivity contribution in [2.45, 2.75) is 63.9 Å². The highest BCUT2D eigenvalue weighted by Gasteiger charge is 2.52. The SMILES string of the molecule is C1=CC2CC1[C@@H](P(c1ccccc1)c1ccccc1)[C@@H]2P(c1ccccc1)c1ccccc1.CC(CP(c1ccccc1)c1ccccc1)P(c1ccccc1)c1ccccc1.CCCSP(=O)(OCC)SCCC. The van der Waals surface area contributed by atoms with Crippen LogP contribution in [0, 0.1) is 11.8 Å². The number of benzene rings is 8. The molecule has 0 amide bonds. The van der Waals surface area contributed by atoms with Crippen LogP contribution in [0.3, 0.4) is 0 Å². The molecule has 386 valence electrons. The summed E-state index contributed by atoms with van der Waals surface area (Å²) < 4.78 is 17.3. The molecule has 2 aliphatic rings. The minimum absolute atomic E-state index is 0.387. The normalized spacial score (nSPS) is 17.1. The molecule has 8 aromatic carbocycles. The molecule has 2 aliphatic carbocycles. The van der Waals surface area contributed by atoms with E-state index < -0.39 is 29.5 Å². The van der Waals surface area contributed by atoms with Gasteiger partial charge in [-0.15, -0.1) is 0 Å². The van der Waals surface area contributed by atoms with Gasteiger partial charge < -0.3 is 4.52 Å². The van der Waals surface area contributed by atoms with E-state index in [1.54, 1.807) is 0 Å². The smallest absolute Gasteiger partial charge is 0.313 e. The van der Waals surface area contributed by atoms with Gasteiger partial charge in [0.2, 0.25) is 0 Å². The van der Waals surface area contributed by atoms with Gasteiger partial charge in [-0.2, -0.15) is 0 Å². The predicted molar refractivity (Wildman–Crippen MR) is 344 cm³/mol. The first-order valence-electron chi connectivity index (χ1n) is 26.7. The molecule has 0 spiro atoms. The zero-order valence-corrected chi connectivity index (χ0v) is 50.1. The summed E-state index contributed by atoms with van der Waals surface area (Å²) in [5.74, 6) is 0.771. The second-order valence-electron chi connectivity index (χ2n) is 18.7. The first-order chi connectivity index (χ1) is 36.9. The van der Waals surface area contributed by atoms with E-state index in [1.807, 2.05) is 6.92 Å². The van der Waals surface area contributed by atoms with Gasteiger partial charge in [-0.05, 0) is 124 Å². The Hall–Kier alpha value is -3.89. The Balaban J connectivity index is 0.000000163. The minimum atomic E-state index is -2.42. The van der Waals surface area contributed by atoms with Crippen LogP contribution >= 0.6 is 60.2 Å². The van der Waals surface area contributed by atoms with Crippen molar-refractivity contribution < 1.29 is 9.09 Å². The fourth-order valence-corrected chi connectivity index (χ4v) is 30.1. The van der Waals surface area contributed by atoms with Gasteiger partial charge in [-0.25, -0.2) is 0 Å². The van der Waals surface area contributed by atoms with Gasteiger partial charge >= 0.3 is 5.77 Å². The van der Waals surface area contributed by atoms with Gasteiger partial charge in [0, 0.05) is 22.8 Å². The lowest BCUT2D eigenvalue weighted by Gasteiger charge is -2.40. The molecule has 1 fully saturated rings. The topological polar surface area (TPSA) is 26.3 Å². The van der Waals surface area contributed by atoms with Crippen molar-refractivity contribution in [2.75, 3.05) is 24.3 Å². The fraction of sp³-hybridized carbons (Fsp3) is 0.242. The summed E-state index contributed by atoms with van der Waals surface area (Å²) in [5, 5.41) is 12.0. The summed E-state index contributed by atoms with van der Waals surface area (Å²) in [6, 6.07) is 89.7. The predicted octanol–water partition coefficient (Wildman–Crippen LogP) is 16.3. The Bertz CT molecular complexity index is 2640. The second-order valence-corrected chi connectivity index (χ2v) is 36.0. The third kappa shape index (κ3) is 15.9. The molecular weight excluding hydrogens is 1040 g/mol. The monoisotopic (exact) mass is 1120 g/mol. The molecule has 8 aromatic rings. The molecule has 75 heavy (non-hydrogen) atoms. The van der Waals surface area contributed by atoms with E-state index in [0.717, 1.165) is 24.3 Å². The molecule has 5 atom stereocenters. The fourth-order valence-electron chi connectivity index (χ4n) is 10.2. The summed E-state index contributed by atoms with van der Waals surface area (Å²) in [6.07, 6.45) is 9.71. The quantitative estimate of drug-likeness (QED) is 0.0529. The number of hydrogen-bond acceptors (Lipinski definition) is 4. The molecule has 0 aliphatic heterocycles. The first-order valence-corrected chi connectivity index (χ1v) is 37.3. The summed E-state index contributed by atoms with van der Waals surface area (Å²) in [7, 11) is -1.70. The maximum atomic E-state index is 12.0. The van der Waals surface area contributed by atoms with Crippen molar-refractivity contribution in [3.8, 4) is 0 Å². The van der Waals surface area contributed by atoms with E-state index in [4.69, 9.17) is 4.52 Å². The van der Waals surface area contributed by atoms with E-state index in [9.17, 15) is 4.57 Å². The molecule has 0 heterocycles. The van der Waals surface area contributed by atoms with E-state index in [1.165, 1.54) is 77.8 Å². The Labute approximate surface area is 463 Å². The molecule has 10 rings (SSSR count). The Morgan fingerprint density at radius 1 is 0.440 bits per heavy atom. The van der Waals surface area contributed by atoms with Crippen molar-refractivity contribution in [3.63, 3.8) is 0 Å². The Morgan fingerprint density at radius 2 is 0.720 bits per heavy atom. The van der Waals surface area contributed by atoms with Gasteiger partial charge in [-0.1, -0.05) is 298 Å². The lowest BCUT2D eigenvalue weighted by Crippen LogP contribution is -2.37. The first kappa shape index (κ1) is 57.3. The number of hydrogen-bond donors (Lipinski definition) is 0. The average Bonchev–Trinajstić information content (AvgIpc) is 4.10. The number of rotatable bonds is 21. The molecule has 0 N–H and O–H groups in total. The van der Waals surface area contributed by atoms with Crippen LogP contribution in [0.2, 0.25) is 0 Å². The zero-order chi connectivity index (χ0) is 52.1. The van der Waals surface area contributed by atoms with Gasteiger partial charge in [0.25, 0.3) is 0 Å². The van der Waals surface area contributed by atoms with Crippen molar-refractivity contribution in [1.29, 1.82) is 0 Å². The van der Waals surface area contributed by atoms with E-state index in [0.29, 0.717) is 35.4 Å². The van der Waals surface area contributed by atoms with Crippen molar-refractivity contribution in [2.24, 2.45) is 11.8 Å². The van der Waals surface area contributed by atoms with Crippen LogP contribution < -0.4 is 42.4 Å². The van der Waals surface area contributed by atoms with Gasteiger partial charge in [0.1, 0.15) is 0 Å². The van der Waals surface area contributed by atoms with E-state index >= 15 is 0 Å². The maximum absolute atomic E-state index is 12.0. The molecule has 2 bridgehead atoms. The van der Waals surface area contributed by atoms with Crippen molar-refractivity contribution in [3.05, 3.63) is 255 Å². The van der Waals surface area contributed by atoms with Crippen LogP contribution in [0.25, 0.3) is 0 Å². The largest absolute Gasteiger partial charge is 0.314 e. The van der Waals surface area contributed by atoms with Gasteiger partial charge in [0.15, 0.2) is 0 Å². The van der Waals surface area contributed by atoms with Gasteiger partial charge in [-0.3, -0.25) is 4.57 Å². The van der Waals surface area contributed by atoms with Gasteiger partial charge in [0.05, 0.1) is 6.61 Å². The molecule has 9 heteroatoms. The number of allylic oxidation sites excluding steroid dienone is 2. The molecule has 2 nitrogen and oxygen atoms in total. The third-order valence-corrected chi connectivity index (χ3v) is 33.4. The highest BCUT2D eigenvalue weighted by atomic mass is 33.1. The molecule has 0 aromatic heterocycles. The lowest BCUT2D eigenvalue weighted by molar-refractivity contribution is 0.357. The zero-order valence-electron chi connectivity index (χ0n) is 44.0. The molecule has 0 radical (unpaired) electrons. The summed E-state index contributed by atoms with van der Waals surface area (Å²) in [6.45, 7) is 9.07. The Morgan fingerprint density at radius 3 is 1.00 bits per heavy atom. The molecule has 0 saturated heterocycles.